The number of aryl methyl sites for hydroxylation is 2. The van der Waals surface area contributed by atoms with Crippen LogP contribution in [0.15, 0.2) is 54.6 Å². The predicted octanol–water partition coefficient (Wildman–Crippen LogP) is 5.77. The molecule has 0 unspecified atom stereocenters. The molecule has 2 aromatic rings. The Labute approximate surface area is 146 Å². The molecule has 0 bridgehead atoms. The van der Waals surface area contributed by atoms with Gasteiger partial charge in [-0.25, -0.2) is 0 Å². The van der Waals surface area contributed by atoms with Gasteiger partial charge in [-0.05, 0) is 42.5 Å². The lowest BCUT2D eigenvalue weighted by Gasteiger charge is -2.07. The monoisotopic (exact) mass is 323 g/mol. The zero-order valence-electron chi connectivity index (χ0n) is 14.8. The first-order valence-electron chi connectivity index (χ1n) is 9.20. The van der Waals surface area contributed by atoms with Crippen LogP contribution in [0, 0.1) is 0 Å². The maximum Gasteiger partial charge on any atom is 0.224 e. The van der Waals surface area contributed by atoms with Crippen molar-refractivity contribution in [2.75, 3.05) is 5.32 Å². The molecule has 128 valence electrons. The second kappa shape index (κ2) is 10.6. The highest BCUT2D eigenvalue weighted by Gasteiger charge is 2.03. The summed E-state index contributed by atoms with van der Waals surface area (Å²) in [5.74, 6) is 0.128. The Kier molecular flexibility index (Phi) is 8.09. The molecule has 0 heterocycles. The van der Waals surface area contributed by atoms with E-state index in [1.54, 1.807) is 0 Å². The third-order valence-corrected chi connectivity index (χ3v) is 4.29. The van der Waals surface area contributed by atoms with E-state index in [1.165, 1.54) is 30.4 Å². The summed E-state index contributed by atoms with van der Waals surface area (Å²) < 4.78 is 0. The van der Waals surface area contributed by atoms with Crippen LogP contribution >= 0.6 is 0 Å². The van der Waals surface area contributed by atoms with E-state index in [1.807, 2.05) is 18.2 Å². The molecule has 1 N–H and O–H groups in total. The van der Waals surface area contributed by atoms with Gasteiger partial charge >= 0.3 is 0 Å². The molecule has 0 saturated carbocycles. The van der Waals surface area contributed by atoms with Crippen LogP contribution in [0.2, 0.25) is 0 Å². The molecule has 2 heteroatoms. The first kappa shape index (κ1) is 18.3. The number of unbranched alkanes of at least 4 members (excludes halogenated alkanes) is 4. The lowest BCUT2D eigenvalue weighted by molar-refractivity contribution is -0.116. The Morgan fingerprint density at radius 3 is 2.08 bits per heavy atom. The van der Waals surface area contributed by atoms with Crippen molar-refractivity contribution in [2.45, 2.75) is 58.3 Å². The predicted molar refractivity (Wildman–Crippen MR) is 102 cm³/mol. The molecular formula is C22H29NO. The Hall–Kier alpha value is -2.09. The van der Waals surface area contributed by atoms with Crippen molar-refractivity contribution in [2.24, 2.45) is 0 Å². The molecule has 2 aromatic carbocycles. The molecule has 2 rings (SSSR count). The van der Waals surface area contributed by atoms with Gasteiger partial charge in [0.15, 0.2) is 0 Å². The van der Waals surface area contributed by atoms with Crippen LogP contribution in [-0.4, -0.2) is 5.91 Å². The number of nitrogens with one attached hydrogen (secondary N) is 1. The van der Waals surface area contributed by atoms with E-state index in [4.69, 9.17) is 0 Å². The summed E-state index contributed by atoms with van der Waals surface area (Å²) in [5.41, 5.74) is 3.56. The van der Waals surface area contributed by atoms with E-state index in [9.17, 15) is 4.79 Å². The van der Waals surface area contributed by atoms with Crippen LogP contribution in [0.5, 0.6) is 0 Å². The maximum atomic E-state index is 11.9. The molecule has 0 saturated heterocycles. The summed E-state index contributed by atoms with van der Waals surface area (Å²) in [5, 5.41) is 2.99. The molecule has 0 aliphatic carbocycles. The van der Waals surface area contributed by atoms with E-state index in [0.29, 0.717) is 6.42 Å². The molecule has 0 fully saturated rings. The van der Waals surface area contributed by atoms with Crippen molar-refractivity contribution >= 4 is 11.6 Å². The second-order valence-electron chi connectivity index (χ2n) is 6.39. The number of amides is 1. The fourth-order valence-electron chi connectivity index (χ4n) is 2.80. The van der Waals surface area contributed by atoms with Crippen molar-refractivity contribution in [1.82, 2.24) is 0 Å². The zero-order chi connectivity index (χ0) is 17.0. The summed E-state index contributed by atoms with van der Waals surface area (Å²) in [7, 11) is 0. The minimum absolute atomic E-state index is 0.128. The number of rotatable bonds is 10. The summed E-state index contributed by atoms with van der Waals surface area (Å²) in [4.78, 5) is 11.9. The Bertz CT molecular complexity index is 589. The first-order chi connectivity index (χ1) is 11.8. The van der Waals surface area contributed by atoms with Crippen molar-refractivity contribution in [3.05, 3.63) is 65.7 Å². The van der Waals surface area contributed by atoms with E-state index in [-0.39, 0.29) is 5.91 Å². The van der Waals surface area contributed by atoms with Crippen LogP contribution in [0.3, 0.4) is 0 Å². The molecule has 0 aromatic heterocycles. The molecule has 0 aliphatic heterocycles. The highest BCUT2D eigenvalue weighted by atomic mass is 16.1. The summed E-state index contributed by atoms with van der Waals surface area (Å²) in [6.45, 7) is 2.20. The topological polar surface area (TPSA) is 29.1 Å². The largest absolute Gasteiger partial charge is 0.326 e. The van der Waals surface area contributed by atoms with Gasteiger partial charge in [0.25, 0.3) is 0 Å². The Morgan fingerprint density at radius 2 is 1.42 bits per heavy atom. The fraction of sp³-hybridized carbons (Fsp3) is 0.409. The van der Waals surface area contributed by atoms with Crippen molar-refractivity contribution in [3.8, 4) is 0 Å². The highest BCUT2D eigenvalue weighted by Crippen LogP contribution is 2.13. The van der Waals surface area contributed by atoms with Gasteiger partial charge in [-0.1, -0.05) is 75.1 Å². The highest BCUT2D eigenvalue weighted by molar-refractivity contribution is 5.90. The van der Waals surface area contributed by atoms with Crippen LogP contribution in [-0.2, 0) is 17.6 Å². The number of benzene rings is 2. The van der Waals surface area contributed by atoms with Crippen molar-refractivity contribution < 1.29 is 4.79 Å². The van der Waals surface area contributed by atoms with E-state index >= 15 is 0 Å². The van der Waals surface area contributed by atoms with Gasteiger partial charge in [-0.2, -0.15) is 0 Å². The molecule has 0 aliphatic rings. The summed E-state index contributed by atoms with van der Waals surface area (Å²) in [6, 6.07) is 18.8. The maximum absolute atomic E-state index is 11.9. The average molecular weight is 323 g/mol. The molecule has 0 atom stereocenters. The second-order valence-corrected chi connectivity index (χ2v) is 6.39. The zero-order valence-corrected chi connectivity index (χ0v) is 14.8. The Balaban J connectivity index is 1.70. The minimum atomic E-state index is 0.128. The lowest BCUT2D eigenvalue weighted by atomic mass is 10.0. The van der Waals surface area contributed by atoms with Crippen LogP contribution < -0.4 is 5.32 Å². The number of carbonyl (C=O) groups excluding carboxylic acids is 1. The average Bonchev–Trinajstić information content (AvgIpc) is 2.62. The molecule has 24 heavy (non-hydrogen) atoms. The number of anilines is 1. The molecule has 0 radical (unpaired) electrons. The first-order valence-corrected chi connectivity index (χ1v) is 9.20. The minimum Gasteiger partial charge on any atom is -0.326 e. The van der Waals surface area contributed by atoms with Crippen molar-refractivity contribution in [3.63, 3.8) is 0 Å². The Morgan fingerprint density at radius 1 is 0.792 bits per heavy atom. The quantitative estimate of drug-likeness (QED) is 0.552. The van der Waals surface area contributed by atoms with Crippen LogP contribution in [0.25, 0.3) is 0 Å². The van der Waals surface area contributed by atoms with Gasteiger partial charge in [0.2, 0.25) is 5.91 Å². The summed E-state index contributed by atoms with van der Waals surface area (Å²) >= 11 is 0. The number of hydrogen-bond acceptors (Lipinski definition) is 1. The van der Waals surface area contributed by atoms with Gasteiger partial charge in [0, 0.05) is 12.1 Å². The third-order valence-electron chi connectivity index (χ3n) is 4.29. The smallest absolute Gasteiger partial charge is 0.224 e. The van der Waals surface area contributed by atoms with Gasteiger partial charge in [-0.15, -0.1) is 0 Å². The fourth-order valence-corrected chi connectivity index (χ4v) is 2.80. The van der Waals surface area contributed by atoms with Crippen LogP contribution in [0.4, 0.5) is 5.69 Å². The normalized spacial score (nSPS) is 10.5. The van der Waals surface area contributed by atoms with E-state index in [0.717, 1.165) is 31.4 Å². The van der Waals surface area contributed by atoms with Crippen molar-refractivity contribution in [1.29, 1.82) is 0 Å². The third kappa shape index (κ3) is 6.99. The standard InChI is InChI=1S/C22H29NO/c1-2-3-4-5-9-12-22(24)23-21-17-15-20(16-18-21)14-13-19-10-7-6-8-11-19/h6-8,10-11,15-18H,2-5,9,12-14H2,1H3,(H,23,24). The van der Waals surface area contributed by atoms with Gasteiger partial charge in [0.05, 0.1) is 0 Å². The SMILES string of the molecule is CCCCCCCC(=O)Nc1ccc(CCc2ccccc2)cc1. The van der Waals surface area contributed by atoms with Gasteiger partial charge < -0.3 is 5.32 Å². The molecule has 0 spiro atoms. The van der Waals surface area contributed by atoms with E-state index < -0.39 is 0 Å². The van der Waals surface area contributed by atoms with Gasteiger partial charge in [0.1, 0.15) is 0 Å². The molecule has 2 nitrogen and oxygen atoms in total. The van der Waals surface area contributed by atoms with Crippen LogP contribution in [0.1, 0.15) is 56.6 Å². The number of hydrogen-bond donors (Lipinski definition) is 1. The van der Waals surface area contributed by atoms with E-state index in [2.05, 4.69) is 48.6 Å². The lowest BCUT2D eigenvalue weighted by Crippen LogP contribution is -2.11. The van der Waals surface area contributed by atoms with Gasteiger partial charge in [-0.3, -0.25) is 4.79 Å². The molecular weight excluding hydrogens is 294 g/mol. The molecule has 1 amide bonds. The number of carbonyl (C=O) groups is 1. The summed E-state index contributed by atoms with van der Waals surface area (Å²) in [6.07, 6.45) is 8.58.